The molecule has 0 radical (unpaired) electrons. The Hall–Kier alpha value is -0.653. The van der Waals surface area contributed by atoms with Crippen molar-refractivity contribution in [1.29, 1.82) is 0 Å². The van der Waals surface area contributed by atoms with Crippen molar-refractivity contribution in [3.8, 4) is 0 Å². The maximum absolute atomic E-state index is 11.9. The van der Waals surface area contributed by atoms with E-state index in [4.69, 9.17) is 0 Å². The van der Waals surface area contributed by atoms with Gasteiger partial charge in [-0.2, -0.15) is 8.42 Å². The van der Waals surface area contributed by atoms with Crippen LogP contribution in [0.15, 0.2) is 30.3 Å². The maximum Gasteiger partial charge on any atom is 0.265 e. The van der Waals surface area contributed by atoms with Crippen molar-refractivity contribution in [3.63, 3.8) is 0 Å². The van der Waals surface area contributed by atoms with Crippen LogP contribution in [0.1, 0.15) is 52.4 Å². The monoisotopic (exact) mass is 328 g/mol. The molecule has 0 spiro atoms. The summed E-state index contributed by atoms with van der Waals surface area (Å²) in [4.78, 5) is -0.544. The fourth-order valence-electron chi connectivity index (χ4n) is 2.81. The first-order valence-electron chi connectivity index (χ1n) is 7.99. The number of hydrogen-bond acceptors (Lipinski definition) is 2. The summed E-state index contributed by atoms with van der Waals surface area (Å²) in [5.74, 6) is 0.103. The van der Waals surface area contributed by atoms with Crippen LogP contribution in [0, 0.1) is 5.92 Å². The number of hydrogen-bond donors (Lipinski definition) is 1. The van der Waals surface area contributed by atoms with Crippen LogP contribution in [0.3, 0.4) is 0 Å². The van der Waals surface area contributed by atoms with Gasteiger partial charge >= 0.3 is 0 Å². The lowest BCUT2D eigenvalue weighted by molar-refractivity contribution is 0.406. The average molecular weight is 329 g/mol. The molecule has 0 heterocycles. The van der Waals surface area contributed by atoms with Crippen molar-refractivity contribution >= 4 is 24.8 Å². The van der Waals surface area contributed by atoms with Gasteiger partial charge in [0.25, 0.3) is 10.1 Å². The Morgan fingerprint density at radius 2 is 1.57 bits per heavy atom. The van der Waals surface area contributed by atoms with Crippen LogP contribution >= 0.6 is 0 Å². The Morgan fingerprint density at radius 1 is 1.05 bits per heavy atom. The van der Waals surface area contributed by atoms with E-state index in [0.717, 1.165) is 43.7 Å². The summed E-state index contributed by atoms with van der Waals surface area (Å²) < 4.78 is 33.5. The standard InChI is InChI=1S/C16H28O3SSi/c1-3-5-10-14(11-6-4-2)16(20(17,18)19)21-15-12-8-7-9-13-15/h7-9,12-14,16H,3-6,10-11,21H2,1-2H3,(H,17,18,19). The summed E-state index contributed by atoms with van der Waals surface area (Å²) in [5.41, 5.74) is 0. The Balaban J connectivity index is 2.91. The molecule has 0 bridgehead atoms. The molecule has 0 aliphatic heterocycles. The summed E-state index contributed by atoms with van der Waals surface area (Å²) >= 11 is 0. The van der Waals surface area contributed by atoms with Crippen molar-refractivity contribution in [1.82, 2.24) is 0 Å². The summed E-state index contributed by atoms with van der Waals surface area (Å²) in [5, 5.41) is 1.11. The molecule has 120 valence electrons. The maximum atomic E-state index is 11.9. The molecule has 0 aliphatic rings. The summed E-state index contributed by atoms with van der Waals surface area (Å²) in [7, 11) is -5.00. The minimum absolute atomic E-state index is 0.103. The van der Waals surface area contributed by atoms with Crippen LogP contribution < -0.4 is 5.19 Å². The SMILES string of the molecule is CCCCC(CCCC)C([SiH2]c1ccccc1)S(=O)(=O)O. The van der Waals surface area contributed by atoms with Crippen LogP contribution in [0.4, 0.5) is 0 Å². The highest BCUT2D eigenvalue weighted by molar-refractivity contribution is 7.88. The second kappa shape index (κ2) is 9.38. The molecule has 5 heteroatoms. The van der Waals surface area contributed by atoms with E-state index < -0.39 is 24.5 Å². The zero-order chi connectivity index (χ0) is 15.7. The molecule has 0 amide bonds. The molecule has 1 N–H and O–H groups in total. The van der Waals surface area contributed by atoms with Crippen LogP contribution in [0.25, 0.3) is 0 Å². The molecule has 1 atom stereocenters. The highest BCUT2D eigenvalue weighted by Gasteiger charge is 2.31. The van der Waals surface area contributed by atoms with Gasteiger partial charge in [0.2, 0.25) is 0 Å². The van der Waals surface area contributed by atoms with E-state index in [2.05, 4.69) is 13.8 Å². The van der Waals surface area contributed by atoms with Gasteiger partial charge in [-0.15, -0.1) is 0 Å². The van der Waals surface area contributed by atoms with E-state index in [-0.39, 0.29) is 5.92 Å². The quantitative estimate of drug-likeness (QED) is 0.531. The first kappa shape index (κ1) is 18.4. The number of benzene rings is 1. The highest BCUT2D eigenvalue weighted by atomic mass is 32.2. The highest BCUT2D eigenvalue weighted by Crippen LogP contribution is 2.24. The Kier molecular flexibility index (Phi) is 8.22. The number of rotatable bonds is 10. The molecule has 0 aliphatic carbocycles. The summed E-state index contributed by atoms with van der Waals surface area (Å²) in [6, 6.07) is 9.79. The van der Waals surface area contributed by atoms with Crippen molar-refractivity contribution in [2.45, 2.75) is 57.2 Å². The van der Waals surface area contributed by atoms with Gasteiger partial charge in [-0.25, -0.2) is 0 Å². The zero-order valence-corrected chi connectivity index (χ0v) is 15.4. The molecular formula is C16H28O3SSi. The Morgan fingerprint density at radius 3 is 2.00 bits per heavy atom. The fraction of sp³-hybridized carbons (Fsp3) is 0.625. The molecule has 0 saturated carbocycles. The van der Waals surface area contributed by atoms with Crippen LogP contribution in [0.2, 0.25) is 0 Å². The Bertz CT molecular complexity index is 480. The number of unbranched alkanes of at least 4 members (excludes halogenated alkanes) is 2. The molecule has 1 aromatic carbocycles. The van der Waals surface area contributed by atoms with Gasteiger partial charge in [0.15, 0.2) is 0 Å². The smallest absolute Gasteiger partial charge is 0.265 e. The topological polar surface area (TPSA) is 54.4 Å². The Labute approximate surface area is 131 Å². The predicted molar refractivity (Wildman–Crippen MR) is 92.5 cm³/mol. The second-order valence-electron chi connectivity index (χ2n) is 5.79. The molecule has 21 heavy (non-hydrogen) atoms. The lowest BCUT2D eigenvalue weighted by Gasteiger charge is -2.24. The van der Waals surface area contributed by atoms with Gasteiger partial charge in [-0.3, -0.25) is 4.55 Å². The van der Waals surface area contributed by atoms with Gasteiger partial charge in [-0.05, 0) is 18.8 Å². The fourth-order valence-corrected chi connectivity index (χ4v) is 6.80. The largest absolute Gasteiger partial charge is 0.286 e. The molecule has 0 aromatic heterocycles. The van der Waals surface area contributed by atoms with Crippen LogP contribution in [0.5, 0.6) is 0 Å². The normalized spacial score (nSPS) is 14.1. The van der Waals surface area contributed by atoms with E-state index in [1.165, 1.54) is 0 Å². The minimum Gasteiger partial charge on any atom is -0.286 e. The van der Waals surface area contributed by atoms with Gasteiger partial charge in [0.05, 0.1) is 14.4 Å². The van der Waals surface area contributed by atoms with Crippen molar-refractivity contribution in [3.05, 3.63) is 30.3 Å². The molecule has 1 rings (SSSR count). The van der Waals surface area contributed by atoms with Crippen LogP contribution in [-0.4, -0.2) is 27.4 Å². The van der Waals surface area contributed by atoms with E-state index in [9.17, 15) is 13.0 Å². The summed E-state index contributed by atoms with van der Waals surface area (Å²) in [6.45, 7) is 4.24. The third-order valence-corrected chi connectivity index (χ3v) is 8.97. The molecule has 1 unspecified atom stereocenters. The molecule has 0 fully saturated rings. The van der Waals surface area contributed by atoms with Crippen molar-refractivity contribution in [2.24, 2.45) is 5.92 Å². The summed E-state index contributed by atoms with van der Waals surface area (Å²) in [6.07, 6.45) is 6.00. The van der Waals surface area contributed by atoms with Gasteiger partial charge in [0.1, 0.15) is 0 Å². The van der Waals surface area contributed by atoms with Crippen molar-refractivity contribution < 1.29 is 13.0 Å². The molecule has 3 nitrogen and oxygen atoms in total. The van der Waals surface area contributed by atoms with Crippen molar-refractivity contribution in [2.75, 3.05) is 0 Å². The first-order valence-corrected chi connectivity index (χ1v) is 11.0. The van der Waals surface area contributed by atoms with E-state index >= 15 is 0 Å². The van der Waals surface area contributed by atoms with Gasteiger partial charge in [-0.1, -0.05) is 75.0 Å². The van der Waals surface area contributed by atoms with Gasteiger partial charge < -0.3 is 0 Å². The first-order chi connectivity index (χ1) is 9.99. The molecule has 0 saturated heterocycles. The second-order valence-corrected chi connectivity index (χ2v) is 10.1. The van der Waals surface area contributed by atoms with Crippen LogP contribution in [-0.2, 0) is 10.1 Å². The lowest BCUT2D eigenvalue weighted by Crippen LogP contribution is -2.40. The third-order valence-electron chi connectivity index (χ3n) is 4.05. The zero-order valence-electron chi connectivity index (χ0n) is 13.2. The predicted octanol–water partition coefficient (Wildman–Crippen LogP) is 2.69. The van der Waals surface area contributed by atoms with Gasteiger partial charge in [0, 0.05) is 0 Å². The molecule has 1 aromatic rings. The minimum atomic E-state index is -3.96. The van der Waals surface area contributed by atoms with E-state index in [1.54, 1.807) is 0 Å². The van der Waals surface area contributed by atoms with E-state index in [0.29, 0.717) is 0 Å². The van der Waals surface area contributed by atoms with E-state index in [1.807, 2.05) is 30.3 Å². The average Bonchev–Trinajstić information content (AvgIpc) is 2.45. The lowest BCUT2D eigenvalue weighted by atomic mass is 9.98. The third kappa shape index (κ3) is 6.76. The molecular weight excluding hydrogens is 300 g/mol.